The first-order chi connectivity index (χ1) is 15.0. The van der Waals surface area contributed by atoms with Crippen LogP contribution in [0.1, 0.15) is 40.4 Å². The molecule has 4 aromatic heterocycles. The summed E-state index contributed by atoms with van der Waals surface area (Å²) < 4.78 is 2.98. The highest BCUT2D eigenvalue weighted by Crippen LogP contribution is 2.29. The Kier molecular flexibility index (Phi) is 4.82. The number of halogens is 1. The molecule has 1 N–H and O–H groups in total. The largest absolute Gasteiger partial charge is 0.338 e. The van der Waals surface area contributed by atoms with Crippen LogP contribution in [0.15, 0.2) is 47.7 Å². The van der Waals surface area contributed by atoms with E-state index in [2.05, 4.69) is 20.2 Å². The lowest BCUT2D eigenvalue weighted by atomic mass is 9.90. The van der Waals surface area contributed by atoms with Gasteiger partial charge in [-0.15, -0.1) is 5.10 Å². The van der Waals surface area contributed by atoms with Gasteiger partial charge in [-0.1, -0.05) is 17.7 Å². The highest BCUT2D eigenvalue weighted by molar-refractivity contribution is 6.29. The molecule has 9 nitrogen and oxygen atoms in total. The maximum absolute atomic E-state index is 13.1. The zero-order chi connectivity index (χ0) is 21.5. The number of piperidine rings is 1. The van der Waals surface area contributed by atoms with E-state index in [1.807, 2.05) is 17.2 Å². The number of amides is 1. The number of carbonyl (C=O) groups excluding carboxylic acids is 1. The van der Waals surface area contributed by atoms with Gasteiger partial charge in [0.15, 0.2) is 0 Å². The van der Waals surface area contributed by atoms with Crippen LogP contribution < -0.4 is 5.56 Å². The molecule has 1 aliphatic heterocycles. The van der Waals surface area contributed by atoms with Crippen LogP contribution in [-0.2, 0) is 0 Å². The van der Waals surface area contributed by atoms with Crippen LogP contribution in [-0.4, -0.2) is 53.3 Å². The molecule has 5 heterocycles. The summed E-state index contributed by atoms with van der Waals surface area (Å²) in [6.07, 6.45) is 6.77. The number of aromatic nitrogens is 6. The third-order valence-corrected chi connectivity index (χ3v) is 6.06. The molecule has 10 heteroatoms. The van der Waals surface area contributed by atoms with Gasteiger partial charge in [-0.3, -0.25) is 14.6 Å². The summed E-state index contributed by atoms with van der Waals surface area (Å²) in [6, 6.07) is 7.23. The maximum atomic E-state index is 13.1. The molecule has 0 radical (unpaired) electrons. The molecule has 0 spiro atoms. The Bertz CT molecular complexity index is 1310. The molecule has 0 bridgehead atoms. The van der Waals surface area contributed by atoms with E-state index in [0.29, 0.717) is 40.9 Å². The van der Waals surface area contributed by atoms with E-state index in [-0.39, 0.29) is 17.4 Å². The van der Waals surface area contributed by atoms with E-state index in [4.69, 9.17) is 11.6 Å². The van der Waals surface area contributed by atoms with Gasteiger partial charge in [-0.05, 0) is 49.4 Å². The number of rotatable bonds is 3. The molecule has 1 aliphatic rings. The van der Waals surface area contributed by atoms with Crippen LogP contribution in [0.3, 0.4) is 0 Å². The number of hydrogen-bond acceptors (Lipinski definition) is 5. The van der Waals surface area contributed by atoms with Gasteiger partial charge in [0.1, 0.15) is 10.7 Å². The van der Waals surface area contributed by atoms with Gasteiger partial charge in [-0.2, -0.15) is 5.10 Å². The van der Waals surface area contributed by atoms with Crippen molar-refractivity contribution in [3.8, 4) is 5.95 Å². The quantitative estimate of drug-likeness (QED) is 0.496. The molecular weight excluding hydrogens is 418 g/mol. The van der Waals surface area contributed by atoms with Crippen molar-refractivity contribution < 1.29 is 4.79 Å². The van der Waals surface area contributed by atoms with Crippen molar-refractivity contribution in [2.75, 3.05) is 13.1 Å². The third-order valence-electron chi connectivity index (χ3n) is 5.83. The number of aromatic amines is 1. The second-order valence-electron chi connectivity index (χ2n) is 7.65. The van der Waals surface area contributed by atoms with E-state index in [9.17, 15) is 9.59 Å². The number of likely N-dealkylation sites (tertiary alicyclic amines) is 1. The molecule has 31 heavy (non-hydrogen) atoms. The summed E-state index contributed by atoms with van der Waals surface area (Å²) in [5, 5.41) is 9.17. The molecule has 0 unspecified atom stereocenters. The molecule has 1 amide bonds. The Hall–Kier alpha value is -3.46. The lowest BCUT2D eigenvalue weighted by Gasteiger charge is -2.32. The first-order valence-electron chi connectivity index (χ1n) is 10.0. The standard InChI is InChI=1S/C21H20ClN7O2/c1-13-16(12-24-29(13)21-25-19(30)17-3-2-8-28(17)26-21)20(31)27-9-6-14(7-10-27)15-4-5-18(22)23-11-15/h2-5,8,11-12,14H,6-7,9-10H2,1H3,(H,25,26,30). The number of nitrogens with one attached hydrogen (secondary N) is 1. The van der Waals surface area contributed by atoms with Crippen molar-refractivity contribution in [1.29, 1.82) is 0 Å². The molecular formula is C21H20ClN7O2. The second kappa shape index (κ2) is 7.66. The number of fused-ring (bicyclic) bond motifs is 1. The lowest BCUT2D eigenvalue weighted by molar-refractivity contribution is 0.0712. The number of pyridine rings is 1. The molecule has 4 aromatic rings. The normalized spacial score (nSPS) is 15.0. The van der Waals surface area contributed by atoms with E-state index in [1.54, 1.807) is 31.3 Å². The van der Waals surface area contributed by atoms with Crippen LogP contribution in [0.2, 0.25) is 5.15 Å². The Morgan fingerprint density at radius 3 is 2.74 bits per heavy atom. The van der Waals surface area contributed by atoms with Gasteiger partial charge in [0.25, 0.3) is 11.5 Å². The Morgan fingerprint density at radius 2 is 2.00 bits per heavy atom. The average Bonchev–Trinajstić information content (AvgIpc) is 3.41. The minimum absolute atomic E-state index is 0.0687. The Balaban J connectivity index is 1.34. The first kappa shape index (κ1) is 19.5. The van der Waals surface area contributed by atoms with Crippen molar-refractivity contribution in [3.05, 3.63) is 75.2 Å². The SMILES string of the molecule is Cc1c(C(=O)N2CCC(c3ccc(Cl)nc3)CC2)cnn1-c1nn2cccc2c(=O)[nH]1. The van der Waals surface area contributed by atoms with Gasteiger partial charge >= 0.3 is 0 Å². The average molecular weight is 438 g/mol. The van der Waals surface area contributed by atoms with Crippen LogP contribution >= 0.6 is 11.6 Å². The predicted molar refractivity (Wildman–Crippen MR) is 115 cm³/mol. The zero-order valence-corrected chi connectivity index (χ0v) is 17.6. The van der Waals surface area contributed by atoms with Gasteiger partial charge in [0, 0.05) is 25.5 Å². The topological polar surface area (TPSA) is 101 Å². The summed E-state index contributed by atoms with van der Waals surface area (Å²) >= 11 is 5.88. The van der Waals surface area contributed by atoms with Gasteiger partial charge < -0.3 is 4.90 Å². The summed E-state index contributed by atoms with van der Waals surface area (Å²) in [4.78, 5) is 34.1. The first-order valence-corrected chi connectivity index (χ1v) is 10.4. The van der Waals surface area contributed by atoms with Crippen molar-refractivity contribution in [2.24, 2.45) is 0 Å². The molecule has 0 atom stereocenters. The number of carbonyl (C=O) groups is 1. The summed E-state index contributed by atoms with van der Waals surface area (Å²) in [7, 11) is 0. The van der Waals surface area contributed by atoms with Crippen LogP contribution in [0, 0.1) is 6.92 Å². The molecule has 158 valence electrons. The van der Waals surface area contributed by atoms with Crippen molar-refractivity contribution in [3.63, 3.8) is 0 Å². The van der Waals surface area contributed by atoms with E-state index >= 15 is 0 Å². The fourth-order valence-corrected chi connectivity index (χ4v) is 4.19. The third kappa shape index (κ3) is 3.50. The van der Waals surface area contributed by atoms with Crippen molar-refractivity contribution >= 4 is 23.0 Å². The minimum Gasteiger partial charge on any atom is -0.338 e. The Labute approximate surface area is 182 Å². The summed E-state index contributed by atoms with van der Waals surface area (Å²) in [5.74, 6) is 0.556. The molecule has 0 saturated carbocycles. The van der Waals surface area contributed by atoms with Crippen molar-refractivity contribution in [2.45, 2.75) is 25.7 Å². The molecule has 1 fully saturated rings. The minimum atomic E-state index is -0.267. The van der Waals surface area contributed by atoms with E-state index in [0.717, 1.165) is 18.4 Å². The van der Waals surface area contributed by atoms with E-state index < -0.39 is 0 Å². The monoisotopic (exact) mass is 437 g/mol. The van der Waals surface area contributed by atoms with Gasteiger partial charge in [0.2, 0.25) is 5.95 Å². The summed E-state index contributed by atoms with van der Waals surface area (Å²) in [5.41, 5.74) is 2.46. The molecule has 1 saturated heterocycles. The number of hydrogen-bond donors (Lipinski definition) is 1. The summed E-state index contributed by atoms with van der Waals surface area (Å²) in [6.45, 7) is 3.11. The van der Waals surface area contributed by atoms with Gasteiger partial charge in [-0.25, -0.2) is 14.2 Å². The van der Waals surface area contributed by atoms with Crippen LogP contribution in [0.4, 0.5) is 0 Å². The molecule has 0 aliphatic carbocycles. The van der Waals surface area contributed by atoms with Crippen LogP contribution in [0.25, 0.3) is 11.5 Å². The Morgan fingerprint density at radius 1 is 1.19 bits per heavy atom. The molecule has 5 rings (SSSR count). The van der Waals surface area contributed by atoms with Crippen molar-refractivity contribution in [1.82, 2.24) is 34.3 Å². The lowest BCUT2D eigenvalue weighted by Crippen LogP contribution is -2.38. The molecule has 0 aromatic carbocycles. The highest BCUT2D eigenvalue weighted by Gasteiger charge is 2.27. The predicted octanol–water partition coefficient (Wildman–Crippen LogP) is 2.58. The fraction of sp³-hybridized carbons (Fsp3) is 0.286. The fourth-order valence-electron chi connectivity index (χ4n) is 4.08. The number of nitrogens with zero attached hydrogens (tertiary/aromatic N) is 6. The van der Waals surface area contributed by atoms with E-state index in [1.165, 1.54) is 15.4 Å². The number of H-pyrrole nitrogens is 1. The highest BCUT2D eigenvalue weighted by atomic mass is 35.5. The second-order valence-corrected chi connectivity index (χ2v) is 8.04. The smallest absolute Gasteiger partial charge is 0.276 e. The maximum Gasteiger partial charge on any atom is 0.276 e. The van der Waals surface area contributed by atoms with Crippen LogP contribution in [0.5, 0.6) is 0 Å². The van der Waals surface area contributed by atoms with Gasteiger partial charge in [0.05, 0.1) is 17.5 Å². The zero-order valence-electron chi connectivity index (χ0n) is 16.8.